The first kappa shape index (κ1) is 12.8. The predicted octanol–water partition coefficient (Wildman–Crippen LogP) is 0.835. The Balaban J connectivity index is 2.13. The van der Waals surface area contributed by atoms with Gasteiger partial charge in [0.1, 0.15) is 17.0 Å². The molecule has 1 saturated heterocycles. The Labute approximate surface area is 108 Å². The van der Waals surface area contributed by atoms with E-state index in [1.54, 1.807) is 7.05 Å². The van der Waals surface area contributed by atoms with Gasteiger partial charge in [-0.05, 0) is 12.5 Å². The van der Waals surface area contributed by atoms with Gasteiger partial charge < -0.3 is 10.2 Å². The molecule has 1 unspecified atom stereocenters. The molecular formula is C11H11ClFN3O2. The summed E-state index contributed by atoms with van der Waals surface area (Å²) >= 11 is 5.71. The van der Waals surface area contributed by atoms with Crippen LogP contribution in [0.2, 0.25) is 5.15 Å². The SMILES string of the molecule is CN1CCC(NC(=O)c2cc(F)cnc2Cl)C1=O. The summed E-state index contributed by atoms with van der Waals surface area (Å²) in [6.07, 6.45) is 1.45. The first-order chi connectivity index (χ1) is 8.49. The van der Waals surface area contributed by atoms with Crippen LogP contribution in [0.3, 0.4) is 0 Å². The van der Waals surface area contributed by atoms with Gasteiger partial charge in [0.25, 0.3) is 5.91 Å². The van der Waals surface area contributed by atoms with E-state index in [1.807, 2.05) is 0 Å². The zero-order valence-electron chi connectivity index (χ0n) is 9.61. The molecule has 0 aromatic carbocycles. The Kier molecular flexibility index (Phi) is 3.47. The Morgan fingerprint density at radius 1 is 1.67 bits per heavy atom. The molecule has 96 valence electrons. The van der Waals surface area contributed by atoms with Gasteiger partial charge in [-0.3, -0.25) is 9.59 Å². The number of amides is 2. The Morgan fingerprint density at radius 2 is 2.39 bits per heavy atom. The van der Waals surface area contributed by atoms with E-state index in [2.05, 4.69) is 10.3 Å². The standard InChI is InChI=1S/C11H11ClFN3O2/c1-16-3-2-8(11(16)18)15-10(17)7-4-6(13)5-14-9(7)12/h4-5,8H,2-3H2,1H3,(H,15,17). The highest BCUT2D eigenvalue weighted by atomic mass is 35.5. The number of aromatic nitrogens is 1. The van der Waals surface area contributed by atoms with E-state index >= 15 is 0 Å². The summed E-state index contributed by atoms with van der Waals surface area (Å²) in [5, 5.41) is 2.43. The molecule has 18 heavy (non-hydrogen) atoms. The van der Waals surface area contributed by atoms with Crippen molar-refractivity contribution in [2.45, 2.75) is 12.5 Å². The molecule has 1 fully saturated rings. The molecule has 2 amide bonds. The summed E-state index contributed by atoms with van der Waals surface area (Å²) in [4.78, 5) is 28.5. The quantitative estimate of drug-likeness (QED) is 0.811. The average Bonchev–Trinajstić information content (AvgIpc) is 2.64. The number of carbonyl (C=O) groups is 2. The average molecular weight is 272 g/mol. The van der Waals surface area contributed by atoms with Crippen molar-refractivity contribution in [1.82, 2.24) is 15.2 Å². The second kappa shape index (κ2) is 4.89. The summed E-state index contributed by atoms with van der Waals surface area (Å²) in [6.45, 7) is 0.582. The van der Waals surface area contributed by atoms with Crippen molar-refractivity contribution >= 4 is 23.4 Å². The van der Waals surface area contributed by atoms with Crippen LogP contribution in [-0.4, -0.2) is 41.3 Å². The van der Waals surface area contributed by atoms with Crippen LogP contribution in [0.4, 0.5) is 4.39 Å². The molecule has 1 aromatic heterocycles. The van der Waals surface area contributed by atoms with Crippen molar-refractivity contribution in [3.8, 4) is 0 Å². The number of hydrogen-bond donors (Lipinski definition) is 1. The number of nitrogens with zero attached hydrogens (tertiary/aromatic N) is 2. The van der Waals surface area contributed by atoms with Gasteiger partial charge in [-0.2, -0.15) is 0 Å². The fourth-order valence-electron chi connectivity index (χ4n) is 1.77. The molecule has 1 atom stereocenters. The van der Waals surface area contributed by atoms with E-state index in [9.17, 15) is 14.0 Å². The van der Waals surface area contributed by atoms with E-state index < -0.39 is 17.8 Å². The summed E-state index contributed by atoms with van der Waals surface area (Å²) in [5.74, 6) is -1.41. The van der Waals surface area contributed by atoms with Crippen molar-refractivity contribution in [3.63, 3.8) is 0 Å². The lowest BCUT2D eigenvalue weighted by atomic mass is 10.2. The van der Waals surface area contributed by atoms with E-state index in [0.29, 0.717) is 13.0 Å². The Hall–Kier alpha value is -1.69. The maximum atomic E-state index is 13.0. The van der Waals surface area contributed by atoms with E-state index in [4.69, 9.17) is 11.6 Å². The van der Waals surface area contributed by atoms with Gasteiger partial charge in [0.2, 0.25) is 5.91 Å². The summed E-state index contributed by atoms with van der Waals surface area (Å²) in [5.41, 5.74) is -0.0704. The van der Waals surface area contributed by atoms with Crippen LogP contribution < -0.4 is 5.32 Å². The van der Waals surface area contributed by atoms with Gasteiger partial charge >= 0.3 is 0 Å². The smallest absolute Gasteiger partial charge is 0.255 e. The van der Waals surface area contributed by atoms with E-state index in [0.717, 1.165) is 12.3 Å². The normalized spacial score (nSPS) is 19.2. The Bertz CT molecular complexity index is 509. The number of halogens is 2. The van der Waals surface area contributed by atoms with Crippen molar-refractivity contribution in [2.24, 2.45) is 0 Å². The molecule has 2 heterocycles. The van der Waals surface area contributed by atoms with E-state index in [1.165, 1.54) is 4.90 Å². The number of likely N-dealkylation sites (tertiary alicyclic amines) is 1. The zero-order valence-corrected chi connectivity index (χ0v) is 10.4. The summed E-state index contributed by atoms with van der Waals surface area (Å²) in [6, 6.07) is 0.412. The Morgan fingerprint density at radius 3 is 3.00 bits per heavy atom. The minimum absolute atomic E-state index is 0.0704. The minimum atomic E-state index is -0.653. The lowest BCUT2D eigenvalue weighted by Gasteiger charge is -2.12. The highest BCUT2D eigenvalue weighted by Gasteiger charge is 2.30. The fourth-order valence-corrected chi connectivity index (χ4v) is 1.96. The van der Waals surface area contributed by atoms with Crippen LogP contribution >= 0.6 is 11.6 Å². The van der Waals surface area contributed by atoms with Gasteiger partial charge in [0, 0.05) is 13.6 Å². The van der Waals surface area contributed by atoms with Crippen molar-refractivity contribution in [2.75, 3.05) is 13.6 Å². The molecule has 1 N–H and O–H groups in total. The van der Waals surface area contributed by atoms with Crippen molar-refractivity contribution in [1.29, 1.82) is 0 Å². The highest BCUT2D eigenvalue weighted by Crippen LogP contribution is 2.15. The monoisotopic (exact) mass is 271 g/mol. The largest absolute Gasteiger partial charge is 0.344 e. The third-order valence-electron chi connectivity index (χ3n) is 2.78. The maximum Gasteiger partial charge on any atom is 0.255 e. The second-order valence-corrected chi connectivity index (χ2v) is 4.42. The van der Waals surface area contributed by atoms with Gasteiger partial charge in [-0.15, -0.1) is 0 Å². The zero-order chi connectivity index (χ0) is 13.3. The van der Waals surface area contributed by atoms with Gasteiger partial charge in [-0.25, -0.2) is 9.37 Å². The predicted molar refractivity (Wildman–Crippen MR) is 62.7 cm³/mol. The number of nitrogens with one attached hydrogen (secondary N) is 1. The summed E-state index contributed by atoms with van der Waals surface area (Å²) < 4.78 is 13.0. The number of likely N-dealkylation sites (N-methyl/N-ethyl adjacent to an activating group) is 1. The van der Waals surface area contributed by atoms with Crippen LogP contribution in [-0.2, 0) is 4.79 Å². The lowest BCUT2D eigenvalue weighted by molar-refractivity contribution is -0.128. The number of hydrogen-bond acceptors (Lipinski definition) is 3. The van der Waals surface area contributed by atoms with Crippen LogP contribution in [0.1, 0.15) is 16.8 Å². The van der Waals surface area contributed by atoms with Crippen LogP contribution in [0, 0.1) is 5.82 Å². The first-order valence-corrected chi connectivity index (χ1v) is 5.73. The number of pyridine rings is 1. The summed E-state index contributed by atoms with van der Waals surface area (Å²) in [7, 11) is 1.66. The lowest BCUT2D eigenvalue weighted by Crippen LogP contribution is -2.40. The third kappa shape index (κ3) is 2.43. The molecule has 5 nitrogen and oxygen atoms in total. The van der Waals surface area contributed by atoms with Gasteiger partial charge in [0.15, 0.2) is 0 Å². The molecule has 1 aliphatic rings. The number of rotatable bonds is 2. The molecule has 0 radical (unpaired) electrons. The molecular weight excluding hydrogens is 261 g/mol. The molecule has 0 saturated carbocycles. The maximum absolute atomic E-state index is 13.0. The third-order valence-corrected chi connectivity index (χ3v) is 3.08. The number of carbonyl (C=O) groups excluding carboxylic acids is 2. The molecule has 1 aliphatic heterocycles. The second-order valence-electron chi connectivity index (χ2n) is 4.07. The topological polar surface area (TPSA) is 62.3 Å². The van der Waals surface area contributed by atoms with Gasteiger partial charge in [0.05, 0.1) is 11.8 Å². The molecule has 0 aliphatic carbocycles. The molecule has 1 aromatic rings. The molecule has 0 bridgehead atoms. The van der Waals surface area contributed by atoms with Crippen LogP contribution in [0.25, 0.3) is 0 Å². The van der Waals surface area contributed by atoms with Crippen molar-refractivity contribution in [3.05, 3.63) is 28.8 Å². The highest BCUT2D eigenvalue weighted by molar-refractivity contribution is 6.32. The molecule has 2 rings (SSSR count). The van der Waals surface area contributed by atoms with Crippen molar-refractivity contribution < 1.29 is 14.0 Å². The minimum Gasteiger partial charge on any atom is -0.344 e. The molecule has 7 heteroatoms. The van der Waals surface area contributed by atoms with Crippen LogP contribution in [0.5, 0.6) is 0 Å². The molecule has 0 spiro atoms. The van der Waals surface area contributed by atoms with Crippen LogP contribution in [0.15, 0.2) is 12.3 Å². The van der Waals surface area contributed by atoms with Gasteiger partial charge in [-0.1, -0.05) is 11.6 Å². The fraction of sp³-hybridized carbons (Fsp3) is 0.364. The van der Waals surface area contributed by atoms with E-state index in [-0.39, 0.29) is 16.6 Å². The first-order valence-electron chi connectivity index (χ1n) is 5.36.